The van der Waals surface area contributed by atoms with E-state index in [1.165, 1.54) is 0 Å². The van der Waals surface area contributed by atoms with Crippen LogP contribution in [0.25, 0.3) is 0 Å². The van der Waals surface area contributed by atoms with Gasteiger partial charge in [0.2, 0.25) is 0 Å². The summed E-state index contributed by atoms with van der Waals surface area (Å²) in [7, 11) is 0. The van der Waals surface area contributed by atoms with E-state index in [-0.39, 0.29) is 0 Å². The Kier molecular flexibility index (Phi) is 1.42. The first-order chi connectivity index (χ1) is 2.89. The minimum absolute atomic E-state index is 1.14. The molecular formula is C3H3BrNS. The van der Waals surface area contributed by atoms with Gasteiger partial charge in [-0.15, -0.1) is 0 Å². The second-order valence-electron chi connectivity index (χ2n) is 0.851. The largest absolute Gasteiger partial charge is 0.375 e. The molecule has 1 aliphatic heterocycles. The fraction of sp³-hybridized carbons (Fsp3) is 0. The lowest BCUT2D eigenvalue weighted by Gasteiger charge is -1.77. The van der Waals surface area contributed by atoms with E-state index in [2.05, 4.69) is 21.2 Å². The summed E-state index contributed by atoms with van der Waals surface area (Å²) in [6.45, 7) is 0. The average Bonchev–Trinajstić information content (AvgIpc) is 1.86. The van der Waals surface area contributed by atoms with Gasteiger partial charge in [0, 0.05) is 6.20 Å². The van der Waals surface area contributed by atoms with Crippen LogP contribution in [0.3, 0.4) is 0 Å². The first kappa shape index (κ1) is 4.53. The highest BCUT2D eigenvalue weighted by molar-refractivity contribution is 9.14. The number of thioether (sulfide) groups is 1. The fourth-order valence-corrected chi connectivity index (χ4v) is 1.02. The van der Waals surface area contributed by atoms with Crippen LogP contribution in [0.2, 0.25) is 0 Å². The zero-order valence-corrected chi connectivity index (χ0v) is 5.34. The van der Waals surface area contributed by atoms with Crippen molar-refractivity contribution in [2.24, 2.45) is 0 Å². The van der Waals surface area contributed by atoms with Gasteiger partial charge in [0.1, 0.15) is 5.88 Å². The molecule has 0 spiro atoms. The molecule has 1 heterocycles. The van der Waals surface area contributed by atoms with Gasteiger partial charge in [0.15, 0.2) is 0 Å². The molecule has 0 saturated heterocycles. The van der Waals surface area contributed by atoms with Crippen LogP contribution >= 0.6 is 27.7 Å². The Bertz CT molecular complexity index is 80.9. The molecule has 1 aliphatic rings. The molecule has 0 aromatic rings. The molecule has 0 bridgehead atoms. The molecule has 0 unspecified atom stereocenters. The molecule has 0 aliphatic carbocycles. The Morgan fingerprint density at radius 1 is 1.83 bits per heavy atom. The molecule has 0 aromatic heterocycles. The van der Waals surface area contributed by atoms with Crippen molar-refractivity contribution in [1.82, 2.24) is 5.32 Å². The van der Waals surface area contributed by atoms with Crippen LogP contribution in [0, 0.1) is 5.88 Å². The van der Waals surface area contributed by atoms with E-state index in [4.69, 9.17) is 0 Å². The van der Waals surface area contributed by atoms with Crippen molar-refractivity contribution < 1.29 is 0 Å². The molecule has 1 nitrogen and oxygen atoms in total. The molecule has 33 valence electrons. The summed E-state index contributed by atoms with van der Waals surface area (Å²) in [5.41, 5.74) is 0. The van der Waals surface area contributed by atoms with Crippen LogP contribution in [0.1, 0.15) is 0 Å². The molecule has 0 atom stereocenters. The van der Waals surface area contributed by atoms with Crippen LogP contribution in [-0.2, 0) is 0 Å². The van der Waals surface area contributed by atoms with Crippen LogP contribution in [0.4, 0.5) is 0 Å². The smallest absolute Gasteiger partial charge is 0.107 e. The summed E-state index contributed by atoms with van der Waals surface area (Å²) in [6.07, 6.45) is 1.89. The summed E-state index contributed by atoms with van der Waals surface area (Å²) in [5.74, 6) is 1.91. The first-order valence-electron chi connectivity index (χ1n) is 1.49. The second-order valence-corrected chi connectivity index (χ2v) is 3.14. The van der Waals surface area contributed by atoms with Crippen LogP contribution in [0.15, 0.2) is 10.0 Å². The molecule has 0 saturated carbocycles. The quantitative estimate of drug-likeness (QED) is 0.585. The van der Waals surface area contributed by atoms with E-state index in [9.17, 15) is 0 Å². The summed E-state index contributed by atoms with van der Waals surface area (Å²) in [4.78, 5) is 0. The van der Waals surface area contributed by atoms with Crippen molar-refractivity contribution in [1.29, 1.82) is 0 Å². The maximum Gasteiger partial charge on any atom is 0.107 e. The number of rotatable bonds is 0. The minimum Gasteiger partial charge on any atom is -0.375 e. The van der Waals surface area contributed by atoms with Gasteiger partial charge in [-0.2, -0.15) is 0 Å². The lowest BCUT2D eigenvalue weighted by molar-refractivity contribution is 1.19. The summed E-state index contributed by atoms with van der Waals surface area (Å²) < 4.78 is 1.14. The van der Waals surface area contributed by atoms with E-state index in [1.807, 2.05) is 12.1 Å². The Morgan fingerprint density at radius 3 is 2.83 bits per heavy atom. The third-order valence-corrected chi connectivity index (χ3v) is 1.82. The van der Waals surface area contributed by atoms with Gasteiger partial charge in [-0.05, 0) is 15.9 Å². The van der Waals surface area contributed by atoms with Crippen LogP contribution < -0.4 is 5.32 Å². The molecule has 1 radical (unpaired) electrons. The highest BCUT2D eigenvalue weighted by Crippen LogP contribution is 2.26. The highest BCUT2D eigenvalue weighted by Gasteiger charge is 1.96. The van der Waals surface area contributed by atoms with Crippen molar-refractivity contribution in [3.63, 3.8) is 0 Å². The van der Waals surface area contributed by atoms with Gasteiger partial charge in [0.25, 0.3) is 0 Å². The standard InChI is InChI=1S/C3H3BrNS/c4-3-1-5-2-6-3/h1-2,5H. The van der Waals surface area contributed by atoms with Crippen LogP contribution in [-0.4, -0.2) is 0 Å². The van der Waals surface area contributed by atoms with Gasteiger partial charge in [-0.25, -0.2) is 0 Å². The van der Waals surface area contributed by atoms with Crippen molar-refractivity contribution in [2.45, 2.75) is 0 Å². The molecule has 0 amide bonds. The summed E-state index contributed by atoms with van der Waals surface area (Å²) in [6, 6.07) is 0. The lowest BCUT2D eigenvalue weighted by atomic mass is 11.0. The Morgan fingerprint density at radius 2 is 2.67 bits per heavy atom. The predicted octanol–water partition coefficient (Wildman–Crippen LogP) is 1.64. The molecule has 0 fully saturated rings. The number of hydrogen-bond acceptors (Lipinski definition) is 2. The monoisotopic (exact) mass is 164 g/mol. The van der Waals surface area contributed by atoms with Gasteiger partial charge in [0.05, 0.1) is 3.81 Å². The first-order valence-corrected chi connectivity index (χ1v) is 3.17. The Balaban J connectivity index is 2.45. The van der Waals surface area contributed by atoms with Crippen LogP contribution in [0.5, 0.6) is 0 Å². The lowest BCUT2D eigenvalue weighted by Crippen LogP contribution is -1.86. The number of nitrogens with one attached hydrogen (secondary N) is 1. The topological polar surface area (TPSA) is 12.0 Å². The number of hydrogen-bond donors (Lipinski definition) is 1. The third-order valence-electron chi connectivity index (χ3n) is 0.436. The molecular weight excluding hydrogens is 162 g/mol. The van der Waals surface area contributed by atoms with E-state index in [0.29, 0.717) is 0 Å². The van der Waals surface area contributed by atoms with E-state index in [0.717, 1.165) is 3.81 Å². The zero-order valence-electron chi connectivity index (χ0n) is 2.94. The average molecular weight is 165 g/mol. The van der Waals surface area contributed by atoms with Crippen molar-refractivity contribution in [3.8, 4) is 0 Å². The molecule has 0 aromatic carbocycles. The Labute approximate surface area is 49.3 Å². The highest BCUT2D eigenvalue weighted by atomic mass is 79.9. The van der Waals surface area contributed by atoms with E-state index >= 15 is 0 Å². The zero-order chi connectivity index (χ0) is 4.41. The maximum absolute atomic E-state index is 3.27. The van der Waals surface area contributed by atoms with Crippen molar-refractivity contribution >= 4 is 27.7 Å². The Hall–Kier alpha value is 0.370. The fourth-order valence-electron chi connectivity index (χ4n) is 0.224. The maximum atomic E-state index is 3.27. The summed E-state index contributed by atoms with van der Waals surface area (Å²) >= 11 is 4.91. The predicted molar refractivity (Wildman–Crippen MR) is 32.0 cm³/mol. The normalized spacial score (nSPS) is 19.8. The van der Waals surface area contributed by atoms with Gasteiger partial charge in [-0.1, -0.05) is 11.8 Å². The van der Waals surface area contributed by atoms with Crippen molar-refractivity contribution in [2.75, 3.05) is 0 Å². The van der Waals surface area contributed by atoms with E-state index < -0.39 is 0 Å². The SMILES string of the molecule is BrC1=CN[CH]S1. The van der Waals surface area contributed by atoms with E-state index in [1.54, 1.807) is 11.8 Å². The molecule has 6 heavy (non-hydrogen) atoms. The van der Waals surface area contributed by atoms with Crippen molar-refractivity contribution in [3.05, 3.63) is 15.9 Å². The molecule has 1 rings (SSSR count). The third kappa shape index (κ3) is 0.914. The molecule has 3 heteroatoms. The molecule has 1 N–H and O–H groups in total. The van der Waals surface area contributed by atoms with Gasteiger partial charge >= 0.3 is 0 Å². The minimum atomic E-state index is 1.14. The van der Waals surface area contributed by atoms with Gasteiger partial charge in [-0.3, -0.25) is 0 Å². The summed E-state index contributed by atoms with van der Waals surface area (Å²) in [5, 5.41) is 2.90. The number of halogens is 1. The second kappa shape index (κ2) is 1.89. The van der Waals surface area contributed by atoms with Gasteiger partial charge < -0.3 is 5.32 Å².